The molecule has 6 heteroatoms. The van der Waals surface area contributed by atoms with Crippen LogP contribution in [0.2, 0.25) is 0 Å². The van der Waals surface area contributed by atoms with E-state index >= 15 is 0 Å². The van der Waals surface area contributed by atoms with Crippen LogP contribution in [0.1, 0.15) is 10.4 Å². The molecule has 2 aromatic carbocycles. The number of hydrogen-bond donors (Lipinski definition) is 1. The molecule has 0 spiro atoms. The molecule has 3 rings (SSSR count). The first kappa shape index (κ1) is 16.0. The third kappa shape index (κ3) is 3.38. The SMILES string of the molecule is COc1ccc(OC)c(C(=O)Nc2nc(-c3ccccc3)cs2)c1. The molecule has 0 bridgehead atoms. The van der Waals surface area contributed by atoms with Crippen molar-refractivity contribution in [3.63, 3.8) is 0 Å². The van der Waals surface area contributed by atoms with Crippen molar-refractivity contribution in [3.8, 4) is 22.8 Å². The Morgan fingerprint density at radius 3 is 2.58 bits per heavy atom. The molecular formula is C18H16N2O3S. The minimum atomic E-state index is -0.292. The van der Waals surface area contributed by atoms with Gasteiger partial charge in [-0.2, -0.15) is 0 Å². The van der Waals surface area contributed by atoms with Gasteiger partial charge in [0.15, 0.2) is 5.13 Å². The number of nitrogens with zero attached hydrogens (tertiary/aromatic N) is 1. The van der Waals surface area contributed by atoms with Gasteiger partial charge in [0, 0.05) is 10.9 Å². The van der Waals surface area contributed by atoms with Crippen molar-refractivity contribution in [2.75, 3.05) is 19.5 Å². The normalized spacial score (nSPS) is 10.2. The second kappa shape index (κ2) is 7.14. The Morgan fingerprint density at radius 1 is 1.08 bits per heavy atom. The molecule has 122 valence electrons. The number of anilines is 1. The van der Waals surface area contributed by atoms with Gasteiger partial charge in [0.2, 0.25) is 0 Å². The van der Waals surface area contributed by atoms with Crippen molar-refractivity contribution < 1.29 is 14.3 Å². The monoisotopic (exact) mass is 340 g/mol. The van der Waals surface area contributed by atoms with Gasteiger partial charge in [-0.25, -0.2) is 4.98 Å². The number of amides is 1. The van der Waals surface area contributed by atoms with Crippen LogP contribution in [0.15, 0.2) is 53.9 Å². The summed E-state index contributed by atoms with van der Waals surface area (Å²) in [6.07, 6.45) is 0. The van der Waals surface area contributed by atoms with Gasteiger partial charge < -0.3 is 9.47 Å². The number of carbonyl (C=O) groups is 1. The summed E-state index contributed by atoms with van der Waals surface area (Å²) in [6, 6.07) is 14.9. The number of carbonyl (C=O) groups excluding carboxylic acids is 1. The van der Waals surface area contributed by atoms with Gasteiger partial charge in [-0.1, -0.05) is 30.3 Å². The van der Waals surface area contributed by atoms with Crippen molar-refractivity contribution >= 4 is 22.4 Å². The molecule has 3 aromatic rings. The minimum Gasteiger partial charge on any atom is -0.497 e. The van der Waals surface area contributed by atoms with E-state index in [1.807, 2.05) is 35.7 Å². The van der Waals surface area contributed by atoms with Crippen LogP contribution in [0.5, 0.6) is 11.5 Å². The first-order chi connectivity index (χ1) is 11.7. The molecule has 1 amide bonds. The maximum atomic E-state index is 12.5. The lowest BCUT2D eigenvalue weighted by Gasteiger charge is -2.09. The maximum Gasteiger partial charge on any atom is 0.261 e. The van der Waals surface area contributed by atoms with E-state index < -0.39 is 0 Å². The van der Waals surface area contributed by atoms with Crippen LogP contribution in [-0.2, 0) is 0 Å². The lowest BCUT2D eigenvalue weighted by molar-refractivity contribution is 0.102. The molecule has 0 saturated heterocycles. The predicted molar refractivity (Wildman–Crippen MR) is 95.0 cm³/mol. The third-order valence-electron chi connectivity index (χ3n) is 3.45. The average Bonchev–Trinajstić information content (AvgIpc) is 3.10. The van der Waals surface area contributed by atoms with Gasteiger partial charge in [-0.05, 0) is 18.2 Å². The van der Waals surface area contributed by atoms with Crippen LogP contribution in [0.4, 0.5) is 5.13 Å². The number of aromatic nitrogens is 1. The number of thiazole rings is 1. The molecule has 1 aromatic heterocycles. The zero-order chi connectivity index (χ0) is 16.9. The molecule has 0 atom stereocenters. The Balaban J connectivity index is 1.82. The maximum absolute atomic E-state index is 12.5. The summed E-state index contributed by atoms with van der Waals surface area (Å²) in [4.78, 5) is 17.0. The Bertz CT molecular complexity index is 846. The van der Waals surface area contributed by atoms with Gasteiger partial charge in [0.25, 0.3) is 5.91 Å². The van der Waals surface area contributed by atoms with E-state index in [0.717, 1.165) is 11.3 Å². The van der Waals surface area contributed by atoms with E-state index in [9.17, 15) is 4.79 Å². The summed E-state index contributed by atoms with van der Waals surface area (Å²) in [6.45, 7) is 0. The smallest absolute Gasteiger partial charge is 0.261 e. The lowest BCUT2D eigenvalue weighted by Crippen LogP contribution is -2.13. The second-order valence-corrected chi connectivity index (χ2v) is 5.78. The van der Waals surface area contributed by atoms with Crippen LogP contribution in [0.25, 0.3) is 11.3 Å². The zero-order valence-corrected chi connectivity index (χ0v) is 14.1. The van der Waals surface area contributed by atoms with E-state index in [0.29, 0.717) is 22.2 Å². The summed E-state index contributed by atoms with van der Waals surface area (Å²) in [5.74, 6) is 0.776. The second-order valence-electron chi connectivity index (χ2n) is 4.92. The predicted octanol–water partition coefficient (Wildman–Crippen LogP) is 4.08. The average molecular weight is 340 g/mol. The summed E-state index contributed by atoms with van der Waals surface area (Å²) in [5, 5.41) is 5.25. The molecule has 24 heavy (non-hydrogen) atoms. The molecule has 0 saturated carbocycles. The Labute approximate surface area is 143 Å². The largest absolute Gasteiger partial charge is 0.497 e. The van der Waals surface area contributed by atoms with E-state index in [2.05, 4.69) is 10.3 Å². The summed E-state index contributed by atoms with van der Waals surface area (Å²) in [5.41, 5.74) is 2.23. The highest BCUT2D eigenvalue weighted by Gasteiger charge is 2.15. The Morgan fingerprint density at radius 2 is 1.88 bits per heavy atom. The first-order valence-corrected chi connectivity index (χ1v) is 8.13. The van der Waals surface area contributed by atoms with E-state index in [1.54, 1.807) is 25.3 Å². The first-order valence-electron chi connectivity index (χ1n) is 7.25. The summed E-state index contributed by atoms with van der Waals surface area (Å²) < 4.78 is 10.4. The highest BCUT2D eigenvalue weighted by Crippen LogP contribution is 2.27. The Kier molecular flexibility index (Phi) is 4.77. The quantitative estimate of drug-likeness (QED) is 0.760. The van der Waals surface area contributed by atoms with E-state index in [4.69, 9.17) is 9.47 Å². The topological polar surface area (TPSA) is 60.5 Å². The van der Waals surface area contributed by atoms with Crippen molar-refractivity contribution in [2.24, 2.45) is 0 Å². The molecule has 1 heterocycles. The number of benzene rings is 2. The van der Waals surface area contributed by atoms with Crippen LogP contribution in [0, 0.1) is 0 Å². The minimum absolute atomic E-state index is 0.292. The molecule has 5 nitrogen and oxygen atoms in total. The van der Waals surface area contributed by atoms with Gasteiger partial charge in [-0.15, -0.1) is 11.3 Å². The fraction of sp³-hybridized carbons (Fsp3) is 0.111. The van der Waals surface area contributed by atoms with Crippen LogP contribution in [-0.4, -0.2) is 25.1 Å². The van der Waals surface area contributed by atoms with Crippen LogP contribution in [0.3, 0.4) is 0 Å². The van der Waals surface area contributed by atoms with Gasteiger partial charge in [-0.3, -0.25) is 10.1 Å². The molecule has 0 fully saturated rings. The molecular weight excluding hydrogens is 324 g/mol. The zero-order valence-electron chi connectivity index (χ0n) is 13.3. The standard InChI is InChI=1S/C18H16N2O3S/c1-22-13-8-9-16(23-2)14(10-13)17(21)20-18-19-15(11-24-18)12-6-4-3-5-7-12/h3-11H,1-2H3,(H,19,20,21). The molecule has 0 aliphatic carbocycles. The molecule has 0 radical (unpaired) electrons. The van der Waals surface area contributed by atoms with E-state index in [-0.39, 0.29) is 5.91 Å². The highest BCUT2D eigenvalue weighted by atomic mass is 32.1. The van der Waals surface area contributed by atoms with E-state index in [1.165, 1.54) is 18.4 Å². The Hall–Kier alpha value is -2.86. The van der Waals surface area contributed by atoms with Gasteiger partial charge in [0.05, 0.1) is 25.5 Å². The van der Waals surface area contributed by atoms with Crippen molar-refractivity contribution in [2.45, 2.75) is 0 Å². The number of hydrogen-bond acceptors (Lipinski definition) is 5. The number of nitrogens with one attached hydrogen (secondary N) is 1. The van der Waals surface area contributed by atoms with Crippen LogP contribution < -0.4 is 14.8 Å². The molecule has 1 N–H and O–H groups in total. The molecule has 0 aliphatic rings. The lowest BCUT2D eigenvalue weighted by atomic mass is 10.1. The number of methoxy groups -OCH3 is 2. The molecule has 0 unspecified atom stereocenters. The summed E-state index contributed by atoms with van der Waals surface area (Å²) >= 11 is 1.38. The van der Waals surface area contributed by atoms with Crippen LogP contribution >= 0.6 is 11.3 Å². The third-order valence-corrected chi connectivity index (χ3v) is 4.20. The fourth-order valence-electron chi connectivity index (χ4n) is 2.23. The van der Waals surface area contributed by atoms with Gasteiger partial charge in [0.1, 0.15) is 11.5 Å². The fourth-order valence-corrected chi connectivity index (χ4v) is 2.94. The highest BCUT2D eigenvalue weighted by molar-refractivity contribution is 7.14. The molecule has 0 aliphatic heterocycles. The van der Waals surface area contributed by atoms with Crippen molar-refractivity contribution in [3.05, 3.63) is 59.5 Å². The number of ether oxygens (including phenoxy) is 2. The number of rotatable bonds is 5. The van der Waals surface area contributed by atoms with Crippen molar-refractivity contribution in [1.29, 1.82) is 0 Å². The summed E-state index contributed by atoms with van der Waals surface area (Å²) in [7, 11) is 3.08. The van der Waals surface area contributed by atoms with Gasteiger partial charge >= 0.3 is 0 Å². The van der Waals surface area contributed by atoms with Crippen molar-refractivity contribution in [1.82, 2.24) is 4.98 Å².